The molecule has 2 unspecified atom stereocenters. The molecule has 0 aliphatic heterocycles. The zero-order chi connectivity index (χ0) is 16.3. The zero-order valence-electron chi connectivity index (χ0n) is 14.0. The second-order valence-corrected chi connectivity index (χ2v) is 6.83. The number of hydrogen-bond donors (Lipinski definition) is 1. The molecule has 0 bridgehead atoms. The van der Waals surface area contributed by atoms with Crippen molar-refractivity contribution in [2.75, 3.05) is 13.6 Å². The van der Waals surface area contributed by atoms with Gasteiger partial charge in [-0.15, -0.1) is 0 Å². The van der Waals surface area contributed by atoms with Gasteiger partial charge in [-0.3, -0.25) is 9.69 Å². The van der Waals surface area contributed by atoms with Gasteiger partial charge in [-0.1, -0.05) is 26.0 Å². The number of nitrogens with zero attached hydrogens (tertiary/aromatic N) is 1. The average molecular weight is 306 g/mol. The Labute approximate surface area is 132 Å². The van der Waals surface area contributed by atoms with E-state index in [4.69, 9.17) is 0 Å². The van der Waals surface area contributed by atoms with Crippen LogP contribution in [-0.4, -0.2) is 30.4 Å². The van der Waals surface area contributed by atoms with Gasteiger partial charge >= 0.3 is 0 Å². The number of carbonyl (C=O) groups is 1. The third-order valence-electron chi connectivity index (χ3n) is 4.60. The van der Waals surface area contributed by atoms with Gasteiger partial charge in [0.25, 0.3) is 0 Å². The van der Waals surface area contributed by atoms with E-state index in [1.165, 1.54) is 25.0 Å². The Bertz CT molecular complexity index is 496. The van der Waals surface area contributed by atoms with E-state index in [0.29, 0.717) is 12.6 Å². The summed E-state index contributed by atoms with van der Waals surface area (Å²) in [5.74, 6) is 0.768. The lowest BCUT2D eigenvalue weighted by Crippen LogP contribution is -2.42. The molecule has 1 amide bonds. The Balaban J connectivity index is 1.95. The number of halogens is 1. The Kier molecular flexibility index (Phi) is 5.57. The lowest BCUT2D eigenvalue weighted by molar-refractivity contribution is -0.123. The first-order valence-electron chi connectivity index (χ1n) is 8.13. The minimum atomic E-state index is -0.254. The summed E-state index contributed by atoms with van der Waals surface area (Å²) in [6.45, 7) is 6.71. The number of hydrogen-bond acceptors (Lipinski definition) is 2. The van der Waals surface area contributed by atoms with Crippen molar-refractivity contribution in [2.45, 2.75) is 45.7 Å². The van der Waals surface area contributed by atoms with E-state index >= 15 is 0 Å². The molecule has 2 atom stereocenters. The number of amides is 1. The van der Waals surface area contributed by atoms with E-state index in [0.717, 1.165) is 11.5 Å². The van der Waals surface area contributed by atoms with E-state index in [1.807, 2.05) is 7.05 Å². The summed E-state index contributed by atoms with van der Waals surface area (Å²) in [7, 11) is 2.00. The third kappa shape index (κ3) is 4.54. The fraction of sp³-hybridized carbons (Fsp3) is 0.611. The molecule has 0 spiro atoms. The van der Waals surface area contributed by atoms with Crippen LogP contribution in [0.2, 0.25) is 0 Å². The standard InChI is InChI=1S/C18H27FN2O/c1-12(2)18(15-7-9-16(19)10-8-15)20-17(22)11-21(4)13(3)14-5-6-14/h7-10,12-14,18H,5-6,11H2,1-4H3,(H,20,22). The summed E-state index contributed by atoms with van der Waals surface area (Å²) in [6.07, 6.45) is 2.55. The molecule has 1 aliphatic carbocycles. The van der Waals surface area contributed by atoms with Crippen LogP contribution in [0.4, 0.5) is 4.39 Å². The molecule has 0 aromatic heterocycles. The van der Waals surface area contributed by atoms with Crippen LogP contribution in [0.15, 0.2) is 24.3 Å². The summed E-state index contributed by atoms with van der Waals surface area (Å²) in [4.78, 5) is 14.4. The molecule has 3 nitrogen and oxygen atoms in total. The monoisotopic (exact) mass is 306 g/mol. The molecule has 0 saturated heterocycles. The van der Waals surface area contributed by atoms with Gasteiger partial charge in [-0.2, -0.15) is 0 Å². The van der Waals surface area contributed by atoms with Crippen molar-refractivity contribution >= 4 is 5.91 Å². The highest BCUT2D eigenvalue weighted by Crippen LogP contribution is 2.34. The average Bonchev–Trinajstić information content (AvgIpc) is 3.29. The van der Waals surface area contributed by atoms with Crippen molar-refractivity contribution in [3.05, 3.63) is 35.6 Å². The van der Waals surface area contributed by atoms with E-state index in [2.05, 4.69) is 31.0 Å². The van der Waals surface area contributed by atoms with Crippen LogP contribution in [0.25, 0.3) is 0 Å². The van der Waals surface area contributed by atoms with Crippen LogP contribution in [-0.2, 0) is 4.79 Å². The van der Waals surface area contributed by atoms with Gasteiger partial charge in [0.15, 0.2) is 0 Å². The summed E-state index contributed by atoms with van der Waals surface area (Å²) in [6, 6.07) is 6.75. The molecular formula is C18H27FN2O. The van der Waals surface area contributed by atoms with Gasteiger partial charge in [0, 0.05) is 6.04 Å². The van der Waals surface area contributed by atoms with E-state index in [9.17, 15) is 9.18 Å². The molecule has 1 aromatic carbocycles. The van der Waals surface area contributed by atoms with Gasteiger partial charge in [0.1, 0.15) is 5.82 Å². The molecule has 1 saturated carbocycles. The predicted molar refractivity (Wildman–Crippen MR) is 86.9 cm³/mol. The highest BCUT2D eigenvalue weighted by atomic mass is 19.1. The second kappa shape index (κ2) is 7.23. The molecule has 122 valence electrons. The topological polar surface area (TPSA) is 32.3 Å². The highest BCUT2D eigenvalue weighted by molar-refractivity contribution is 5.78. The summed E-state index contributed by atoms with van der Waals surface area (Å²) < 4.78 is 13.1. The quantitative estimate of drug-likeness (QED) is 0.837. The largest absolute Gasteiger partial charge is 0.348 e. The van der Waals surface area contributed by atoms with Crippen molar-refractivity contribution in [1.29, 1.82) is 0 Å². The maximum Gasteiger partial charge on any atom is 0.234 e. The lowest BCUT2D eigenvalue weighted by Gasteiger charge is -2.27. The Hall–Kier alpha value is -1.42. The number of carbonyl (C=O) groups excluding carboxylic acids is 1. The van der Waals surface area contributed by atoms with Crippen molar-refractivity contribution in [2.24, 2.45) is 11.8 Å². The molecule has 1 fully saturated rings. The van der Waals surface area contributed by atoms with Crippen molar-refractivity contribution in [3.8, 4) is 0 Å². The maximum absolute atomic E-state index is 13.1. The third-order valence-corrected chi connectivity index (χ3v) is 4.60. The molecule has 2 rings (SSSR count). The number of benzene rings is 1. The minimum Gasteiger partial charge on any atom is -0.348 e. The van der Waals surface area contributed by atoms with Crippen LogP contribution in [0.3, 0.4) is 0 Å². The first-order valence-corrected chi connectivity index (χ1v) is 8.13. The van der Waals surface area contributed by atoms with Gasteiger partial charge in [0.2, 0.25) is 5.91 Å². The summed E-state index contributed by atoms with van der Waals surface area (Å²) in [5, 5.41) is 3.09. The van der Waals surface area contributed by atoms with Crippen LogP contribution in [0, 0.1) is 17.7 Å². The number of nitrogens with one attached hydrogen (secondary N) is 1. The van der Waals surface area contributed by atoms with Gasteiger partial charge in [-0.25, -0.2) is 4.39 Å². The Morgan fingerprint density at radius 2 is 1.86 bits per heavy atom. The molecule has 1 aliphatic rings. The fourth-order valence-corrected chi connectivity index (χ4v) is 2.83. The first kappa shape index (κ1) is 16.9. The molecular weight excluding hydrogens is 279 g/mol. The smallest absolute Gasteiger partial charge is 0.234 e. The van der Waals surface area contributed by atoms with Crippen molar-refractivity contribution in [3.63, 3.8) is 0 Å². The molecule has 0 radical (unpaired) electrons. The van der Waals surface area contributed by atoms with Crippen LogP contribution < -0.4 is 5.32 Å². The highest BCUT2D eigenvalue weighted by Gasteiger charge is 2.31. The predicted octanol–water partition coefficient (Wildman–Crippen LogP) is 3.37. The maximum atomic E-state index is 13.1. The van der Waals surface area contributed by atoms with Crippen LogP contribution in [0.1, 0.15) is 45.2 Å². The van der Waals surface area contributed by atoms with Crippen molar-refractivity contribution < 1.29 is 9.18 Å². The summed E-state index contributed by atoms with van der Waals surface area (Å²) in [5.41, 5.74) is 0.947. The fourth-order valence-electron chi connectivity index (χ4n) is 2.83. The summed E-state index contributed by atoms with van der Waals surface area (Å²) >= 11 is 0. The van der Waals surface area contributed by atoms with E-state index in [1.54, 1.807) is 12.1 Å². The molecule has 1 N–H and O–H groups in total. The SMILES string of the molecule is CC(C)C(NC(=O)CN(C)C(C)C1CC1)c1ccc(F)cc1. The van der Waals surface area contributed by atoms with Gasteiger partial charge < -0.3 is 5.32 Å². The van der Waals surface area contributed by atoms with Crippen molar-refractivity contribution in [1.82, 2.24) is 10.2 Å². The number of rotatable bonds is 7. The minimum absolute atomic E-state index is 0.0259. The molecule has 4 heteroatoms. The van der Waals surface area contributed by atoms with E-state index < -0.39 is 0 Å². The van der Waals surface area contributed by atoms with Gasteiger partial charge in [0.05, 0.1) is 12.6 Å². The van der Waals surface area contributed by atoms with Crippen LogP contribution >= 0.6 is 0 Å². The molecule has 22 heavy (non-hydrogen) atoms. The molecule has 1 aromatic rings. The normalized spacial score (nSPS) is 17.6. The molecule has 0 heterocycles. The lowest BCUT2D eigenvalue weighted by atomic mass is 9.96. The first-order chi connectivity index (χ1) is 10.4. The zero-order valence-corrected chi connectivity index (χ0v) is 14.0. The van der Waals surface area contributed by atoms with E-state index in [-0.39, 0.29) is 23.7 Å². The van der Waals surface area contributed by atoms with Crippen LogP contribution in [0.5, 0.6) is 0 Å². The number of likely N-dealkylation sites (N-methyl/N-ethyl adjacent to an activating group) is 1. The Morgan fingerprint density at radius 3 is 2.36 bits per heavy atom. The second-order valence-electron chi connectivity index (χ2n) is 6.83. The van der Waals surface area contributed by atoms with Gasteiger partial charge in [-0.05, 0) is 56.3 Å². The Morgan fingerprint density at radius 1 is 1.27 bits per heavy atom.